The van der Waals surface area contributed by atoms with Crippen molar-refractivity contribution in [1.82, 2.24) is 15.0 Å². The standard InChI is InChI=1S/C29H19NO.C19H27NSi.C16H19N.Ir/c1-3-9-20(10-4-1)22-17-18-30-26(19-22)24-16-15-23(21-11-5-2-6-12-21)28-25-13-7-8-14-27(25)31-29(24)28;1-19(2,3)13-16-12-17(15-10-8-7-9-11-15)20-14-18(16)21(4,5)6;1-16(2,3)12-13-9-10-17-15(11-13)14-7-5-4-6-8-14;/h1-19H;7-12,14H,13H2,1-6H3;4-11H,12H2,1-3H3;. The molecule has 0 aliphatic rings. The Labute approximate surface area is 430 Å². The summed E-state index contributed by atoms with van der Waals surface area (Å²) in [5, 5.41) is 3.75. The van der Waals surface area contributed by atoms with E-state index in [-0.39, 0.29) is 20.1 Å². The predicted molar refractivity (Wildman–Crippen MR) is 296 cm³/mol. The first kappa shape index (κ1) is 51.3. The number of rotatable bonds is 8. The van der Waals surface area contributed by atoms with Crippen molar-refractivity contribution in [3.8, 4) is 56.0 Å². The maximum atomic E-state index is 6.41. The molecule has 10 aromatic rings. The van der Waals surface area contributed by atoms with Gasteiger partial charge in [0.2, 0.25) is 0 Å². The second-order valence-electron chi connectivity index (χ2n) is 21.4. The average Bonchev–Trinajstić information content (AvgIpc) is 3.74. The number of hydrogen-bond acceptors (Lipinski definition) is 4. The SMILES string of the molecule is CC(C)(C)Cc1cc(-c2ccccc2)ncc1[Si](C)(C)C.CC(C)(C)Cc1ccnc(-c2ccccc2)c1.[Ir].c1ccc(-c2ccnc(-c3ccc(-c4ccccc4)c4c3oc3ccccc34)c2)cc1. The van der Waals surface area contributed by atoms with Gasteiger partial charge in [-0.15, -0.1) is 0 Å². The van der Waals surface area contributed by atoms with Gasteiger partial charge in [-0.2, -0.15) is 0 Å². The zero-order chi connectivity index (χ0) is 48.6. The van der Waals surface area contributed by atoms with Crippen LogP contribution in [-0.2, 0) is 32.9 Å². The third-order valence-corrected chi connectivity index (χ3v) is 14.0. The molecular formula is C64H65IrN3OSi. The second-order valence-corrected chi connectivity index (χ2v) is 26.4. The molecule has 70 heavy (non-hydrogen) atoms. The van der Waals surface area contributed by atoms with Crippen molar-refractivity contribution in [3.63, 3.8) is 0 Å². The average molecular weight is 1110 g/mol. The fourth-order valence-corrected chi connectivity index (χ4v) is 10.5. The molecule has 6 heteroatoms. The Hall–Kier alpha value is -6.56. The topological polar surface area (TPSA) is 51.8 Å². The summed E-state index contributed by atoms with van der Waals surface area (Å²) in [6.07, 6.45) is 8.10. The largest absolute Gasteiger partial charge is 0.455 e. The first-order valence-corrected chi connectivity index (χ1v) is 27.7. The smallest absolute Gasteiger partial charge is 0.145 e. The first-order chi connectivity index (χ1) is 33.1. The summed E-state index contributed by atoms with van der Waals surface area (Å²) in [6.45, 7) is 20.9. The van der Waals surface area contributed by atoms with Gasteiger partial charge in [0.15, 0.2) is 0 Å². The van der Waals surface area contributed by atoms with Crippen LogP contribution < -0.4 is 5.19 Å². The van der Waals surface area contributed by atoms with Gasteiger partial charge in [0, 0.05) is 66.2 Å². The van der Waals surface area contributed by atoms with Crippen LogP contribution in [0.3, 0.4) is 0 Å². The second kappa shape index (κ2) is 22.5. The van der Waals surface area contributed by atoms with Crippen molar-refractivity contribution < 1.29 is 24.5 Å². The maximum absolute atomic E-state index is 6.41. The summed E-state index contributed by atoms with van der Waals surface area (Å²) in [5.41, 5.74) is 16.3. The van der Waals surface area contributed by atoms with Crippen LogP contribution in [0.5, 0.6) is 0 Å². The van der Waals surface area contributed by atoms with Gasteiger partial charge in [-0.3, -0.25) is 15.0 Å². The van der Waals surface area contributed by atoms with Crippen LogP contribution in [0.25, 0.3) is 78.0 Å². The van der Waals surface area contributed by atoms with E-state index >= 15 is 0 Å². The molecule has 0 aliphatic carbocycles. The predicted octanol–water partition coefficient (Wildman–Crippen LogP) is 17.2. The van der Waals surface area contributed by atoms with Crippen LogP contribution in [0.1, 0.15) is 52.7 Å². The third-order valence-electron chi connectivity index (χ3n) is 12.0. The van der Waals surface area contributed by atoms with Crippen molar-refractivity contribution in [2.75, 3.05) is 0 Å². The van der Waals surface area contributed by atoms with Crippen molar-refractivity contribution in [2.24, 2.45) is 10.8 Å². The summed E-state index contributed by atoms with van der Waals surface area (Å²) in [6, 6.07) is 65.0. The van der Waals surface area contributed by atoms with Gasteiger partial charge in [-0.25, -0.2) is 0 Å². The van der Waals surface area contributed by atoms with Gasteiger partial charge in [0.05, 0.1) is 25.2 Å². The molecule has 0 atom stereocenters. The first-order valence-electron chi connectivity index (χ1n) is 24.2. The molecule has 0 amide bonds. The molecule has 0 spiro atoms. The molecule has 6 aromatic carbocycles. The van der Waals surface area contributed by atoms with E-state index in [1.165, 1.54) is 44.1 Å². The molecule has 0 fully saturated rings. The Morgan fingerprint density at radius 1 is 0.443 bits per heavy atom. The number of pyridine rings is 3. The normalized spacial score (nSPS) is 11.5. The fraction of sp³-hybridized carbons (Fsp3) is 0.203. The number of hydrogen-bond donors (Lipinski definition) is 0. The Kier molecular flexibility index (Phi) is 16.5. The van der Waals surface area contributed by atoms with Gasteiger partial charge >= 0.3 is 0 Å². The van der Waals surface area contributed by atoms with Crippen LogP contribution >= 0.6 is 0 Å². The van der Waals surface area contributed by atoms with E-state index in [2.05, 4.69) is 212 Å². The van der Waals surface area contributed by atoms with E-state index in [4.69, 9.17) is 14.4 Å². The Morgan fingerprint density at radius 2 is 0.943 bits per heavy atom. The summed E-state index contributed by atoms with van der Waals surface area (Å²) in [5.74, 6) is 0. The van der Waals surface area contributed by atoms with E-state index in [0.717, 1.165) is 63.0 Å². The van der Waals surface area contributed by atoms with Gasteiger partial charge in [-0.05, 0) is 105 Å². The Morgan fingerprint density at radius 3 is 1.53 bits per heavy atom. The molecule has 4 aromatic heterocycles. The van der Waals surface area contributed by atoms with Crippen LogP contribution in [0.2, 0.25) is 19.6 Å². The zero-order valence-corrected chi connectivity index (χ0v) is 45.5. The minimum absolute atomic E-state index is 0. The van der Waals surface area contributed by atoms with Crippen LogP contribution in [0.15, 0.2) is 211 Å². The van der Waals surface area contributed by atoms with E-state index in [9.17, 15) is 0 Å². The van der Waals surface area contributed by atoms with E-state index < -0.39 is 8.07 Å². The van der Waals surface area contributed by atoms with Gasteiger partial charge < -0.3 is 4.42 Å². The van der Waals surface area contributed by atoms with E-state index in [1.54, 1.807) is 0 Å². The van der Waals surface area contributed by atoms with Gasteiger partial charge in [0.1, 0.15) is 11.2 Å². The van der Waals surface area contributed by atoms with Crippen LogP contribution in [-0.4, -0.2) is 23.0 Å². The molecule has 4 nitrogen and oxygen atoms in total. The third kappa shape index (κ3) is 13.2. The summed E-state index contributed by atoms with van der Waals surface area (Å²) < 4.78 is 6.41. The molecule has 0 bridgehead atoms. The van der Waals surface area contributed by atoms with E-state index in [1.807, 2.05) is 60.9 Å². The molecule has 10 rings (SSSR count). The monoisotopic (exact) mass is 1110 g/mol. The number of furan rings is 1. The number of para-hydroxylation sites is 1. The molecule has 0 saturated heterocycles. The van der Waals surface area contributed by atoms with Crippen molar-refractivity contribution in [3.05, 3.63) is 218 Å². The Balaban J connectivity index is 0.000000163. The number of nitrogens with zero attached hydrogens (tertiary/aromatic N) is 3. The van der Waals surface area contributed by atoms with Crippen molar-refractivity contribution >= 4 is 35.2 Å². The van der Waals surface area contributed by atoms with E-state index in [0.29, 0.717) is 10.8 Å². The molecule has 0 saturated carbocycles. The fourth-order valence-electron chi connectivity index (χ4n) is 8.90. The molecule has 0 unspecified atom stereocenters. The minimum atomic E-state index is -1.36. The molecule has 355 valence electrons. The summed E-state index contributed by atoms with van der Waals surface area (Å²) in [4.78, 5) is 13.9. The van der Waals surface area contributed by atoms with Crippen LogP contribution in [0.4, 0.5) is 0 Å². The quantitative estimate of drug-likeness (QED) is 0.142. The van der Waals surface area contributed by atoms with Crippen molar-refractivity contribution in [1.29, 1.82) is 0 Å². The molecule has 4 heterocycles. The number of aromatic nitrogens is 3. The van der Waals surface area contributed by atoms with Gasteiger partial charge in [-0.1, -0.05) is 207 Å². The molecule has 0 aliphatic heterocycles. The maximum Gasteiger partial charge on any atom is 0.145 e. The minimum Gasteiger partial charge on any atom is -0.455 e. The molecular weight excluding hydrogens is 1050 g/mol. The molecule has 1 radical (unpaired) electrons. The number of fused-ring (bicyclic) bond motifs is 3. The number of benzene rings is 6. The van der Waals surface area contributed by atoms with Crippen molar-refractivity contribution in [2.45, 2.75) is 74.0 Å². The summed E-state index contributed by atoms with van der Waals surface area (Å²) in [7, 11) is -1.36. The van der Waals surface area contributed by atoms with Gasteiger partial charge in [0.25, 0.3) is 0 Å². The summed E-state index contributed by atoms with van der Waals surface area (Å²) >= 11 is 0. The zero-order valence-electron chi connectivity index (χ0n) is 42.1. The molecule has 0 N–H and O–H groups in total. The van der Waals surface area contributed by atoms with Crippen LogP contribution in [0, 0.1) is 10.8 Å². The Bertz CT molecular complexity index is 3260.